The molecule has 57 heavy (non-hydrogen) atoms. The van der Waals surface area contributed by atoms with Crippen molar-refractivity contribution in [2.45, 2.75) is 180 Å². The molecule has 0 saturated heterocycles. The highest BCUT2D eigenvalue weighted by Crippen LogP contribution is 2.43. The highest BCUT2D eigenvalue weighted by Gasteiger charge is 2.27. The first kappa shape index (κ1) is 54.4. The van der Waals surface area contributed by atoms with Gasteiger partial charge in [-0.05, 0) is 77.0 Å². The standard InChI is InChI=1S/C46H79O10P/c1-3-5-7-9-11-13-15-17-19-21-23-25-27-29-31-33-35-37-45(49)53-41-44(42-55-57(51,52)54-40-43(48)39-47)56-46(50)38-36-34-32-30-28-26-24-22-20-18-16-14-12-10-8-6-4-2/h5,7,11,13-14,16-17,19,23,25,29,31,43-44,47-48H,3-4,6,8-10,12,15,18,20-22,24,26-28,30,32-42H2,1-2H3,(H,51,52)/b7-5+,13-11+,16-14+,19-17+,25-23+,31-29+/t43-,44+/m0/s1. The van der Waals surface area contributed by atoms with Gasteiger partial charge in [0.05, 0.1) is 19.8 Å². The van der Waals surface area contributed by atoms with Gasteiger partial charge in [-0.2, -0.15) is 0 Å². The van der Waals surface area contributed by atoms with Gasteiger partial charge in [-0.1, -0.05) is 151 Å². The van der Waals surface area contributed by atoms with Gasteiger partial charge in [0.1, 0.15) is 12.7 Å². The number of carbonyl (C=O) groups is 2. The maximum absolute atomic E-state index is 12.6. The van der Waals surface area contributed by atoms with Crippen molar-refractivity contribution >= 4 is 19.8 Å². The number of ether oxygens (including phenoxy) is 2. The molecule has 0 bridgehead atoms. The third-order valence-corrected chi connectivity index (χ3v) is 9.80. The number of unbranched alkanes of at least 4 members (excludes halogenated alkanes) is 14. The summed E-state index contributed by atoms with van der Waals surface area (Å²) in [6.07, 6.45) is 47.3. The molecule has 0 aliphatic rings. The third-order valence-electron chi connectivity index (χ3n) is 8.84. The average Bonchev–Trinajstić information content (AvgIpc) is 3.20. The van der Waals surface area contributed by atoms with E-state index in [0.717, 1.165) is 51.4 Å². The Morgan fingerprint density at radius 3 is 1.53 bits per heavy atom. The smallest absolute Gasteiger partial charge is 0.462 e. The van der Waals surface area contributed by atoms with Crippen LogP contribution >= 0.6 is 7.82 Å². The van der Waals surface area contributed by atoms with Crippen LogP contribution in [0.1, 0.15) is 168 Å². The van der Waals surface area contributed by atoms with Crippen molar-refractivity contribution < 1.29 is 47.8 Å². The zero-order valence-electron chi connectivity index (χ0n) is 35.5. The Kier molecular flexibility index (Phi) is 39.7. The quantitative estimate of drug-likeness (QED) is 0.0236. The van der Waals surface area contributed by atoms with Crippen molar-refractivity contribution in [2.24, 2.45) is 0 Å². The molecule has 0 aromatic carbocycles. The van der Waals surface area contributed by atoms with E-state index in [-0.39, 0.29) is 19.4 Å². The van der Waals surface area contributed by atoms with Gasteiger partial charge in [-0.3, -0.25) is 18.6 Å². The van der Waals surface area contributed by atoms with Gasteiger partial charge in [-0.15, -0.1) is 0 Å². The molecular weight excluding hydrogens is 743 g/mol. The van der Waals surface area contributed by atoms with Crippen LogP contribution in [0.4, 0.5) is 0 Å². The van der Waals surface area contributed by atoms with Crippen LogP contribution in [0.2, 0.25) is 0 Å². The third kappa shape index (κ3) is 41.4. The summed E-state index contributed by atoms with van der Waals surface area (Å²) in [7, 11) is -4.63. The molecule has 328 valence electrons. The number of carbonyl (C=O) groups excluding carboxylic acids is 2. The minimum Gasteiger partial charge on any atom is -0.462 e. The first-order valence-corrected chi connectivity index (χ1v) is 23.4. The van der Waals surface area contributed by atoms with Crippen LogP contribution in [0.25, 0.3) is 0 Å². The summed E-state index contributed by atoms with van der Waals surface area (Å²) in [5.41, 5.74) is 0. The number of phosphoric ester groups is 1. The van der Waals surface area contributed by atoms with E-state index in [9.17, 15) is 24.2 Å². The Morgan fingerprint density at radius 2 is 0.982 bits per heavy atom. The van der Waals surface area contributed by atoms with Crippen LogP contribution < -0.4 is 0 Å². The number of hydrogen-bond donors (Lipinski definition) is 3. The van der Waals surface area contributed by atoms with E-state index in [0.29, 0.717) is 19.3 Å². The lowest BCUT2D eigenvalue weighted by Crippen LogP contribution is -2.29. The molecule has 0 amide bonds. The van der Waals surface area contributed by atoms with Crippen molar-refractivity contribution in [3.05, 3.63) is 72.9 Å². The lowest BCUT2D eigenvalue weighted by atomic mass is 10.1. The lowest BCUT2D eigenvalue weighted by Gasteiger charge is -2.20. The zero-order valence-corrected chi connectivity index (χ0v) is 36.4. The van der Waals surface area contributed by atoms with Crippen molar-refractivity contribution in [1.29, 1.82) is 0 Å². The van der Waals surface area contributed by atoms with Gasteiger partial charge >= 0.3 is 19.8 Å². The van der Waals surface area contributed by atoms with Crippen LogP contribution in [-0.2, 0) is 32.7 Å². The minimum atomic E-state index is -4.63. The number of esters is 2. The van der Waals surface area contributed by atoms with E-state index >= 15 is 0 Å². The molecule has 0 radical (unpaired) electrons. The Labute approximate surface area is 346 Å². The fourth-order valence-corrected chi connectivity index (χ4v) is 6.28. The van der Waals surface area contributed by atoms with E-state index in [1.54, 1.807) is 0 Å². The first-order chi connectivity index (χ1) is 27.7. The Hall–Kier alpha value is -2.59. The van der Waals surface area contributed by atoms with E-state index in [1.165, 1.54) is 70.6 Å². The van der Waals surface area contributed by atoms with Gasteiger partial charge in [-0.25, -0.2) is 4.57 Å². The highest BCUT2D eigenvalue weighted by atomic mass is 31.2. The Bertz CT molecular complexity index is 1180. The zero-order chi connectivity index (χ0) is 41.9. The number of hydrogen-bond acceptors (Lipinski definition) is 9. The van der Waals surface area contributed by atoms with Crippen molar-refractivity contribution in [3.8, 4) is 0 Å². The van der Waals surface area contributed by atoms with Gasteiger partial charge in [0, 0.05) is 12.8 Å². The van der Waals surface area contributed by atoms with Gasteiger partial charge in [0.15, 0.2) is 6.10 Å². The Morgan fingerprint density at radius 1 is 0.544 bits per heavy atom. The van der Waals surface area contributed by atoms with Crippen LogP contribution in [0.3, 0.4) is 0 Å². The van der Waals surface area contributed by atoms with Crippen LogP contribution in [-0.4, -0.2) is 65.7 Å². The minimum absolute atomic E-state index is 0.160. The molecule has 10 nitrogen and oxygen atoms in total. The molecule has 1 unspecified atom stereocenters. The molecule has 0 fully saturated rings. The SMILES string of the molecule is CC/C=C/C/C=C/C/C=C/C/C=C/C/C=C/CCCC(=O)OC[C@H](COP(=O)(O)OC[C@@H](O)CO)OC(=O)CCCCCCCCCCC/C=C/CCCCCC. The number of phosphoric acid groups is 1. The first-order valence-electron chi connectivity index (χ1n) is 21.9. The molecule has 0 saturated carbocycles. The number of rotatable bonds is 40. The molecule has 3 atom stereocenters. The molecule has 0 aromatic rings. The molecule has 11 heteroatoms. The average molecular weight is 823 g/mol. The summed E-state index contributed by atoms with van der Waals surface area (Å²) in [4.78, 5) is 35.0. The van der Waals surface area contributed by atoms with Gasteiger partial charge < -0.3 is 24.6 Å². The second-order valence-electron chi connectivity index (χ2n) is 14.3. The van der Waals surface area contributed by atoms with Crippen molar-refractivity contribution in [2.75, 3.05) is 26.4 Å². The summed E-state index contributed by atoms with van der Waals surface area (Å²) >= 11 is 0. The van der Waals surface area contributed by atoms with Gasteiger partial charge in [0.25, 0.3) is 0 Å². The van der Waals surface area contributed by atoms with Crippen LogP contribution in [0, 0.1) is 0 Å². The topological polar surface area (TPSA) is 149 Å². The molecule has 3 N–H and O–H groups in total. The largest absolute Gasteiger partial charge is 0.472 e. The fourth-order valence-electron chi connectivity index (χ4n) is 5.49. The second-order valence-corrected chi connectivity index (χ2v) is 15.8. The summed E-state index contributed by atoms with van der Waals surface area (Å²) in [6, 6.07) is 0. The van der Waals surface area contributed by atoms with Crippen molar-refractivity contribution in [1.82, 2.24) is 0 Å². The predicted molar refractivity (Wildman–Crippen MR) is 233 cm³/mol. The Balaban J connectivity index is 4.39. The van der Waals surface area contributed by atoms with E-state index in [2.05, 4.69) is 85.2 Å². The predicted octanol–water partition coefficient (Wildman–Crippen LogP) is 11.7. The molecule has 0 spiro atoms. The summed E-state index contributed by atoms with van der Waals surface area (Å²) < 4.78 is 32.7. The van der Waals surface area contributed by atoms with Crippen LogP contribution in [0.5, 0.6) is 0 Å². The lowest BCUT2D eigenvalue weighted by molar-refractivity contribution is -0.161. The maximum atomic E-state index is 12.6. The molecule has 0 aromatic heterocycles. The highest BCUT2D eigenvalue weighted by molar-refractivity contribution is 7.47. The summed E-state index contributed by atoms with van der Waals surface area (Å²) in [5, 5.41) is 18.3. The second kappa shape index (κ2) is 41.6. The maximum Gasteiger partial charge on any atom is 0.472 e. The van der Waals surface area contributed by atoms with E-state index in [4.69, 9.17) is 19.1 Å². The monoisotopic (exact) mass is 823 g/mol. The van der Waals surface area contributed by atoms with Crippen molar-refractivity contribution in [3.63, 3.8) is 0 Å². The summed E-state index contributed by atoms with van der Waals surface area (Å²) in [6.45, 7) is 2.18. The molecule has 0 aliphatic heterocycles. The fraction of sp³-hybridized carbons (Fsp3) is 0.696. The normalized spacial score (nSPS) is 14.5. The van der Waals surface area contributed by atoms with E-state index < -0.39 is 51.8 Å². The number of aliphatic hydroxyl groups excluding tert-OH is 2. The van der Waals surface area contributed by atoms with E-state index in [1.807, 2.05) is 6.08 Å². The number of allylic oxidation sites excluding steroid dienone is 12. The molecular formula is C46H79O10P. The summed E-state index contributed by atoms with van der Waals surface area (Å²) in [5.74, 6) is -1.000. The van der Waals surface area contributed by atoms with Gasteiger partial charge in [0.2, 0.25) is 0 Å². The van der Waals surface area contributed by atoms with Crippen LogP contribution in [0.15, 0.2) is 72.9 Å². The molecule has 0 rings (SSSR count). The molecule has 0 aliphatic carbocycles. The number of aliphatic hydroxyl groups is 2. The molecule has 0 heterocycles.